The van der Waals surface area contributed by atoms with E-state index in [2.05, 4.69) is 25.8 Å². The number of hydrogen-bond acceptors (Lipinski definition) is 5. The number of aliphatic hydroxyl groups excluding tert-OH is 3. The molecule has 6 rings (SSSR count). The zero-order valence-corrected chi connectivity index (χ0v) is 21.6. The predicted molar refractivity (Wildman–Crippen MR) is 135 cm³/mol. The molecule has 4 aliphatic carbocycles. The van der Waals surface area contributed by atoms with Gasteiger partial charge in [0.2, 0.25) is 0 Å². The fraction of sp³-hybridized carbons (Fsp3) is 0.767. The first-order chi connectivity index (χ1) is 16.7. The Morgan fingerprint density at radius 1 is 1.03 bits per heavy atom. The largest absolute Gasteiger partial charge is 0.441 e. The molecule has 1 aromatic heterocycles. The zero-order valence-electron chi connectivity index (χ0n) is 21.6. The van der Waals surface area contributed by atoms with Crippen molar-refractivity contribution in [3.05, 3.63) is 30.2 Å². The summed E-state index contributed by atoms with van der Waals surface area (Å²) >= 11 is 0. The molecular formula is C30H43NO4. The van der Waals surface area contributed by atoms with Crippen LogP contribution in [0, 0.1) is 46.3 Å². The Kier molecular flexibility index (Phi) is 5.86. The first kappa shape index (κ1) is 23.9. The van der Waals surface area contributed by atoms with E-state index in [9.17, 15) is 15.3 Å². The van der Waals surface area contributed by atoms with E-state index in [-0.39, 0.29) is 35.1 Å². The summed E-state index contributed by atoms with van der Waals surface area (Å²) in [5, 5.41) is 33.5. The second-order valence-corrected chi connectivity index (χ2v) is 13.1. The molecule has 1 unspecified atom stereocenters. The number of nitrogens with zero attached hydrogens (tertiary/aromatic N) is 1. The zero-order chi connectivity index (χ0) is 24.5. The molecule has 192 valence electrons. The van der Waals surface area contributed by atoms with Crippen LogP contribution in [0.1, 0.15) is 78.0 Å². The van der Waals surface area contributed by atoms with Crippen LogP contribution in [0.15, 0.2) is 28.7 Å². The molecule has 5 nitrogen and oxygen atoms in total. The van der Waals surface area contributed by atoms with Gasteiger partial charge in [-0.2, -0.15) is 0 Å². The van der Waals surface area contributed by atoms with Crippen molar-refractivity contribution in [2.75, 3.05) is 0 Å². The molecule has 2 aromatic rings. The molecule has 4 aliphatic rings. The van der Waals surface area contributed by atoms with Gasteiger partial charge >= 0.3 is 0 Å². The molecule has 0 amide bonds. The minimum absolute atomic E-state index is 0.127. The van der Waals surface area contributed by atoms with E-state index < -0.39 is 0 Å². The fourth-order valence-electron chi connectivity index (χ4n) is 9.71. The maximum atomic E-state index is 11.8. The number of aliphatic hydroxyl groups is 3. The van der Waals surface area contributed by atoms with Crippen LogP contribution in [0.2, 0.25) is 0 Å². The van der Waals surface area contributed by atoms with Crippen molar-refractivity contribution in [1.82, 2.24) is 4.98 Å². The second kappa shape index (κ2) is 8.56. The lowest BCUT2D eigenvalue weighted by molar-refractivity contribution is -0.207. The first-order valence-corrected chi connectivity index (χ1v) is 14.1. The van der Waals surface area contributed by atoms with Gasteiger partial charge in [0.05, 0.1) is 18.3 Å². The average molecular weight is 482 g/mol. The summed E-state index contributed by atoms with van der Waals surface area (Å²) in [4.78, 5) is 4.67. The van der Waals surface area contributed by atoms with Gasteiger partial charge in [-0.15, -0.1) is 0 Å². The van der Waals surface area contributed by atoms with Gasteiger partial charge in [-0.3, -0.25) is 0 Å². The molecule has 11 atom stereocenters. The van der Waals surface area contributed by atoms with Crippen molar-refractivity contribution in [2.24, 2.45) is 46.3 Å². The summed E-state index contributed by atoms with van der Waals surface area (Å²) in [6.45, 7) is 7.08. The van der Waals surface area contributed by atoms with Gasteiger partial charge < -0.3 is 19.7 Å². The lowest BCUT2D eigenvalue weighted by atomic mass is 9.43. The second-order valence-electron chi connectivity index (χ2n) is 13.1. The number of aromatic nitrogens is 1. The van der Waals surface area contributed by atoms with Crippen LogP contribution >= 0.6 is 0 Å². The third-order valence-corrected chi connectivity index (χ3v) is 11.7. The lowest BCUT2D eigenvalue weighted by Gasteiger charge is -2.63. The Balaban J connectivity index is 1.21. The molecule has 0 radical (unpaired) electrons. The van der Waals surface area contributed by atoms with Crippen molar-refractivity contribution in [3.63, 3.8) is 0 Å². The molecule has 0 saturated heterocycles. The Morgan fingerprint density at radius 3 is 2.63 bits per heavy atom. The third kappa shape index (κ3) is 3.63. The number of rotatable bonds is 4. The van der Waals surface area contributed by atoms with Crippen molar-refractivity contribution in [3.8, 4) is 0 Å². The summed E-state index contributed by atoms with van der Waals surface area (Å²) in [5.41, 5.74) is 1.75. The highest BCUT2D eigenvalue weighted by Crippen LogP contribution is 2.68. The van der Waals surface area contributed by atoms with Crippen molar-refractivity contribution < 1.29 is 19.7 Å². The Morgan fingerprint density at radius 2 is 1.83 bits per heavy atom. The van der Waals surface area contributed by atoms with Crippen LogP contribution in [0.25, 0.3) is 11.1 Å². The molecule has 4 fully saturated rings. The van der Waals surface area contributed by atoms with E-state index in [1.165, 1.54) is 0 Å². The van der Waals surface area contributed by atoms with Crippen LogP contribution < -0.4 is 0 Å². The number of benzene rings is 1. The van der Waals surface area contributed by atoms with Crippen LogP contribution in [0.4, 0.5) is 0 Å². The van der Waals surface area contributed by atoms with Gasteiger partial charge in [0.25, 0.3) is 0 Å². The number of aryl methyl sites for hydroxylation is 1. The van der Waals surface area contributed by atoms with E-state index >= 15 is 0 Å². The topological polar surface area (TPSA) is 86.7 Å². The van der Waals surface area contributed by atoms with Crippen molar-refractivity contribution >= 4 is 11.1 Å². The minimum atomic E-state index is -0.331. The molecule has 1 aromatic carbocycles. The average Bonchev–Trinajstić information content (AvgIpc) is 3.41. The number of para-hydroxylation sites is 2. The fourth-order valence-corrected chi connectivity index (χ4v) is 9.71. The Hall–Kier alpha value is -1.43. The maximum absolute atomic E-state index is 11.8. The van der Waals surface area contributed by atoms with Crippen molar-refractivity contribution in [2.45, 2.75) is 96.9 Å². The van der Waals surface area contributed by atoms with Gasteiger partial charge in [0, 0.05) is 6.42 Å². The lowest BCUT2D eigenvalue weighted by Crippen LogP contribution is -2.62. The van der Waals surface area contributed by atoms with Crippen LogP contribution in [0.3, 0.4) is 0 Å². The number of fused-ring (bicyclic) bond motifs is 6. The molecular weight excluding hydrogens is 438 g/mol. The van der Waals surface area contributed by atoms with Gasteiger partial charge in [-0.1, -0.05) is 32.9 Å². The summed E-state index contributed by atoms with van der Waals surface area (Å²) in [7, 11) is 0. The first-order valence-electron chi connectivity index (χ1n) is 14.1. The summed E-state index contributed by atoms with van der Waals surface area (Å²) in [5.74, 6) is 3.07. The van der Waals surface area contributed by atoms with Gasteiger partial charge in [-0.25, -0.2) is 4.98 Å². The molecule has 3 N–H and O–H groups in total. The molecule has 0 aliphatic heterocycles. The van der Waals surface area contributed by atoms with E-state index in [1.807, 2.05) is 24.3 Å². The highest BCUT2D eigenvalue weighted by molar-refractivity contribution is 5.72. The third-order valence-electron chi connectivity index (χ3n) is 11.7. The van der Waals surface area contributed by atoms with Crippen LogP contribution in [0.5, 0.6) is 0 Å². The number of hydrogen-bond donors (Lipinski definition) is 3. The van der Waals surface area contributed by atoms with Gasteiger partial charge in [0.1, 0.15) is 5.52 Å². The van der Waals surface area contributed by atoms with Gasteiger partial charge in [-0.05, 0) is 110 Å². The van der Waals surface area contributed by atoms with Gasteiger partial charge in [0.15, 0.2) is 11.5 Å². The molecule has 35 heavy (non-hydrogen) atoms. The summed E-state index contributed by atoms with van der Waals surface area (Å²) in [6.07, 6.45) is 7.49. The molecule has 5 heteroatoms. The SMILES string of the molecule is CC(CCc1nc2ccccc2o1)[C@H]1CC[C@H]2[C@@H]3[C@H](O)C[C@@H]4C[C@H](O)CC[C@]4(C)[C@H]3C[C@H](O)[C@]12C. The highest BCUT2D eigenvalue weighted by atomic mass is 16.3. The number of oxazole rings is 1. The monoisotopic (exact) mass is 481 g/mol. The summed E-state index contributed by atoms with van der Waals surface area (Å²) in [6, 6.07) is 7.94. The van der Waals surface area contributed by atoms with Crippen LogP contribution in [-0.2, 0) is 6.42 Å². The predicted octanol–water partition coefficient (Wildman–Crippen LogP) is 5.36. The highest BCUT2D eigenvalue weighted by Gasteiger charge is 2.65. The van der Waals surface area contributed by atoms with E-state index in [4.69, 9.17) is 4.42 Å². The minimum Gasteiger partial charge on any atom is -0.441 e. The summed E-state index contributed by atoms with van der Waals surface area (Å²) < 4.78 is 5.98. The van der Waals surface area contributed by atoms with E-state index in [0.29, 0.717) is 29.6 Å². The van der Waals surface area contributed by atoms with E-state index in [1.54, 1.807) is 0 Å². The van der Waals surface area contributed by atoms with E-state index in [0.717, 1.165) is 74.8 Å². The maximum Gasteiger partial charge on any atom is 0.195 e. The molecule has 0 bridgehead atoms. The normalized spacial score (nSPS) is 46.1. The molecule has 1 heterocycles. The standard InChI is InChI=1S/C30H43NO4/c1-17(8-11-27-31-23-6-4-5-7-25(23)35-27)20-9-10-21-28-22(16-26(34)30(20,21)3)29(2)13-12-19(32)14-18(29)15-24(28)33/h4-7,17-22,24,26,28,32-34H,8-16H2,1-3H3/t17?,18-,19+,20+,21-,22-,24+,26-,28-,29-,30+/m0/s1. The molecule has 4 saturated carbocycles. The van der Waals surface area contributed by atoms with Crippen molar-refractivity contribution in [1.29, 1.82) is 0 Å². The van der Waals surface area contributed by atoms with Crippen LogP contribution in [-0.4, -0.2) is 38.6 Å². The molecule has 0 spiro atoms. The smallest absolute Gasteiger partial charge is 0.195 e. The quantitative estimate of drug-likeness (QED) is 0.547. The Labute approximate surface area is 209 Å². The Bertz CT molecular complexity index is 1030.